The van der Waals surface area contributed by atoms with E-state index >= 15 is 0 Å². The minimum Gasteiger partial charge on any atom is -0.748 e. The van der Waals surface area contributed by atoms with Gasteiger partial charge in [0.2, 0.25) is 5.36 Å². The van der Waals surface area contributed by atoms with E-state index in [9.17, 15) is 43.7 Å². The first kappa shape index (κ1) is 48.2. The maximum atomic E-state index is 12.0. The molecule has 1 aromatic rings. The van der Waals surface area contributed by atoms with Gasteiger partial charge in [0, 0.05) is 52.9 Å². The number of anilines is 1. The third kappa shape index (κ3) is 13.3. The van der Waals surface area contributed by atoms with Crippen LogP contribution in [0.2, 0.25) is 0 Å². The number of ether oxygens (including phenoxy) is 1. The summed E-state index contributed by atoms with van der Waals surface area (Å²) in [6.45, 7) is 4.79. The number of fused-ring (bicyclic) bond motifs is 2. The molecule has 1 aromatic carbocycles. The molecule has 0 saturated heterocycles. The molecule has 0 saturated carbocycles. The quantitative estimate of drug-likeness (QED) is 0.0568. The minimum absolute atomic E-state index is 0. The van der Waals surface area contributed by atoms with E-state index in [1.807, 2.05) is 40.7 Å². The molecule has 2 heterocycles. The topological polar surface area (TPSA) is 238 Å². The van der Waals surface area contributed by atoms with Crippen LogP contribution in [0, 0.1) is 0 Å². The summed E-state index contributed by atoms with van der Waals surface area (Å²) in [6, 6.07) is 11.2. The minimum atomic E-state index is -4.86. The van der Waals surface area contributed by atoms with Crippen LogP contribution in [-0.4, -0.2) is 94.3 Å². The number of carbonyl (C=O) groups is 1. The fourth-order valence-electron chi connectivity index (χ4n) is 6.32. The Hall–Kier alpha value is -1.91. The second-order valence-electron chi connectivity index (χ2n) is 12.4. The number of aliphatic carboxylic acids is 1. The van der Waals surface area contributed by atoms with Crippen molar-refractivity contribution < 1.29 is 117 Å². The molecule has 0 fully saturated rings. The molecule has 20 heteroatoms. The molecule has 1 aliphatic carbocycles. The molecule has 4 rings (SSSR count). The predicted octanol–water partition coefficient (Wildman–Crippen LogP) is -3.48. The standard InChI is InChI=1S/C34H42N2O13S3.2Na/c1-3-35(16-6-22-51(42,43)44)26-9-11-28-25(13-19-49-31(28)23-26)7-4-8-32-34(2,15-5-21-50(39,40)41)29-24-27(52(45,46)47)10-12-30(29)36(32)17-20-48-18-14-33(37)38;;/h4,7-13,19,23-24H,3,5-6,14-18,20-22H2,1-2H3,(H3-,37,38,39,40,41,42,43,44,45,46,47);;/q;2*+1/p-2. The van der Waals surface area contributed by atoms with Gasteiger partial charge >= 0.3 is 65.1 Å². The summed E-state index contributed by atoms with van der Waals surface area (Å²) in [5.74, 6) is -1.63. The summed E-state index contributed by atoms with van der Waals surface area (Å²) < 4.78 is 117. The Morgan fingerprint density at radius 2 is 1.65 bits per heavy atom. The Morgan fingerprint density at radius 1 is 0.963 bits per heavy atom. The number of carboxylic acids is 1. The summed E-state index contributed by atoms with van der Waals surface area (Å²) in [4.78, 5) is 12.3. The molecule has 0 aromatic heterocycles. The Balaban J connectivity index is 0.00000504. The Bertz CT molecular complexity index is 2220. The molecule has 1 unspecified atom stereocenters. The average molecular weight is 827 g/mol. The van der Waals surface area contributed by atoms with Gasteiger partial charge in [-0.1, -0.05) is 12.2 Å². The van der Waals surface area contributed by atoms with Crippen LogP contribution in [0.3, 0.4) is 0 Å². The molecule has 0 spiro atoms. The van der Waals surface area contributed by atoms with E-state index in [2.05, 4.69) is 0 Å². The van der Waals surface area contributed by atoms with Gasteiger partial charge in [0.25, 0.3) is 0 Å². The fourth-order valence-corrected chi connectivity index (χ4v) is 7.79. The summed E-state index contributed by atoms with van der Waals surface area (Å²) in [5, 5.41) is 9.74. The van der Waals surface area contributed by atoms with E-state index < -0.39 is 58.1 Å². The maximum Gasteiger partial charge on any atom is 1.00 e. The van der Waals surface area contributed by atoms with Gasteiger partial charge in [-0.3, -0.25) is 4.79 Å². The molecule has 284 valence electrons. The largest absolute Gasteiger partial charge is 1.00 e. The van der Waals surface area contributed by atoms with Gasteiger partial charge in [-0.15, -0.1) is 0 Å². The van der Waals surface area contributed by atoms with Gasteiger partial charge in [0.15, 0.2) is 0 Å². The first-order chi connectivity index (χ1) is 24.3. The van der Waals surface area contributed by atoms with Gasteiger partial charge in [-0.05, 0) is 74.2 Å². The zero-order valence-electron chi connectivity index (χ0n) is 30.6. The van der Waals surface area contributed by atoms with Crippen LogP contribution in [0.5, 0.6) is 0 Å². The van der Waals surface area contributed by atoms with E-state index in [1.165, 1.54) is 24.5 Å². The third-order valence-electron chi connectivity index (χ3n) is 8.81. The molecule has 15 nitrogen and oxygen atoms in total. The second-order valence-corrected chi connectivity index (χ2v) is 16.8. The van der Waals surface area contributed by atoms with Crippen LogP contribution in [-0.2, 0) is 45.3 Å². The van der Waals surface area contributed by atoms with Crippen molar-refractivity contribution in [2.45, 2.75) is 49.8 Å². The molecule has 1 atom stereocenters. The monoisotopic (exact) mass is 826 g/mol. The molecule has 54 heavy (non-hydrogen) atoms. The van der Waals surface area contributed by atoms with Crippen LogP contribution < -0.4 is 73.9 Å². The van der Waals surface area contributed by atoms with Crippen LogP contribution >= 0.6 is 0 Å². The van der Waals surface area contributed by atoms with Gasteiger partial charge in [-0.25, -0.2) is 29.8 Å². The van der Waals surface area contributed by atoms with Crippen molar-refractivity contribution in [3.05, 3.63) is 83.1 Å². The first-order valence-corrected chi connectivity index (χ1v) is 20.9. The van der Waals surface area contributed by atoms with Crippen molar-refractivity contribution in [2.75, 3.05) is 49.3 Å². The van der Waals surface area contributed by atoms with Crippen LogP contribution in [0.15, 0.2) is 75.9 Å². The molecule has 3 aliphatic rings. The molecule has 1 N–H and O–H groups in total. The third-order valence-corrected chi connectivity index (χ3v) is 11.2. The summed E-state index contributed by atoms with van der Waals surface area (Å²) in [5.41, 5.74) is 1.99. The SMILES string of the molecule is CC[N+](CCCS(=O)(=O)[O-])=c1ccc2c(/C=C/C=C3/N(CCOCCC(=O)O)c4ccc(S(=O)(=O)[O-])cc4C3(C)CCCS(=O)(=O)[O-])ccoc-2c1.[Na+].[Na+]. The molecule has 0 bridgehead atoms. The zero-order valence-corrected chi connectivity index (χ0v) is 37.0. The summed E-state index contributed by atoms with van der Waals surface area (Å²) in [6.07, 6.45) is 6.82. The molecule has 0 amide bonds. The Kier molecular flexibility index (Phi) is 18.3. The van der Waals surface area contributed by atoms with Gasteiger partial charge in [0.1, 0.15) is 29.0 Å². The van der Waals surface area contributed by atoms with Gasteiger partial charge in [-0.2, -0.15) is 0 Å². The van der Waals surface area contributed by atoms with Crippen molar-refractivity contribution in [1.82, 2.24) is 4.58 Å². The number of hydrogen-bond donors (Lipinski definition) is 1. The number of nitrogens with zero attached hydrogens (tertiary/aromatic N) is 2. The number of hydrogen-bond acceptors (Lipinski definition) is 13. The predicted molar refractivity (Wildman–Crippen MR) is 188 cm³/mol. The van der Waals surface area contributed by atoms with Crippen LogP contribution in [0.1, 0.15) is 50.7 Å². The van der Waals surface area contributed by atoms with E-state index in [1.54, 1.807) is 25.1 Å². The molecule has 0 radical (unpaired) electrons. The zero-order chi connectivity index (χ0) is 38.3. The fraction of sp³-hybridized carbons (Fsp3) is 0.412. The van der Waals surface area contributed by atoms with Crippen molar-refractivity contribution in [1.29, 1.82) is 0 Å². The maximum absolute atomic E-state index is 12.0. The number of carboxylic acid groups (broad SMARTS) is 1. The van der Waals surface area contributed by atoms with Gasteiger partial charge < -0.3 is 32.8 Å². The van der Waals surface area contributed by atoms with E-state index in [0.29, 0.717) is 35.8 Å². The number of benzene rings is 2. The summed E-state index contributed by atoms with van der Waals surface area (Å²) >= 11 is 0. The van der Waals surface area contributed by atoms with Crippen LogP contribution in [0.4, 0.5) is 5.69 Å². The van der Waals surface area contributed by atoms with Crippen molar-refractivity contribution in [2.24, 2.45) is 0 Å². The van der Waals surface area contributed by atoms with E-state index in [4.69, 9.17) is 14.3 Å². The molecular weight excluding hydrogens is 787 g/mol. The Labute approximate surface area is 360 Å². The van der Waals surface area contributed by atoms with Crippen LogP contribution in [0.25, 0.3) is 17.4 Å². The first-order valence-electron chi connectivity index (χ1n) is 16.4. The van der Waals surface area contributed by atoms with Crippen molar-refractivity contribution in [3.63, 3.8) is 0 Å². The van der Waals surface area contributed by atoms with Crippen molar-refractivity contribution in [3.8, 4) is 11.3 Å². The second kappa shape index (κ2) is 20.5. The Morgan fingerprint density at radius 3 is 2.28 bits per heavy atom. The number of rotatable bonds is 18. The number of allylic oxidation sites excluding steroid dienone is 3. The molecular formula is C34H40N2Na2O13S3. The summed E-state index contributed by atoms with van der Waals surface area (Å²) in [7, 11) is -13.8. The smallest absolute Gasteiger partial charge is 0.748 e. The normalized spacial score (nSPS) is 17.4. The molecule has 2 aliphatic heterocycles. The van der Waals surface area contributed by atoms with E-state index in [0.717, 1.165) is 16.5 Å². The van der Waals surface area contributed by atoms with Crippen molar-refractivity contribution >= 4 is 48.1 Å². The van der Waals surface area contributed by atoms with Gasteiger partial charge in [0.05, 0.1) is 57.1 Å². The van der Waals surface area contributed by atoms with E-state index in [-0.39, 0.29) is 105 Å². The average Bonchev–Trinajstić information content (AvgIpc) is 3.27.